The molecule has 0 atom stereocenters. The number of hydrogen-bond acceptors (Lipinski definition) is 3. The minimum atomic E-state index is -0.270. The maximum atomic E-state index is 6.55. The predicted octanol–water partition coefficient (Wildman–Crippen LogP) is 16.1. The molecule has 0 unspecified atom stereocenters. The molecule has 284 valence electrons. The van der Waals surface area contributed by atoms with E-state index >= 15 is 0 Å². The van der Waals surface area contributed by atoms with Gasteiger partial charge in [0.2, 0.25) is 0 Å². The molecular formula is C55H42N2OS. The lowest BCUT2D eigenvalue weighted by atomic mass is 9.81. The van der Waals surface area contributed by atoms with Crippen molar-refractivity contribution in [2.24, 2.45) is 0 Å². The molecule has 3 heterocycles. The van der Waals surface area contributed by atoms with Crippen LogP contribution in [0.3, 0.4) is 0 Å². The van der Waals surface area contributed by atoms with Crippen molar-refractivity contribution in [1.82, 2.24) is 4.57 Å². The average Bonchev–Trinajstić information content (AvgIpc) is 3.98. The summed E-state index contributed by atoms with van der Waals surface area (Å²) in [7, 11) is 0. The van der Waals surface area contributed by atoms with E-state index in [4.69, 9.17) is 4.42 Å². The van der Waals surface area contributed by atoms with Crippen molar-refractivity contribution in [3.8, 4) is 16.8 Å². The lowest BCUT2D eigenvalue weighted by Gasteiger charge is -2.30. The van der Waals surface area contributed by atoms with Crippen LogP contribution in [0.2, 0.25) is 0 Å². The Balaban J connectivity index is 1.24. The van der Waals surface area contributed by atoms with Crippen LogP contribution in [0.1, 0.15) is 51.3 Å². The second kappa shape index (κ2) is 12.2. The molecule has 0 amide bonds. The van der Waals surface area contributed by atoms with Gasteiger partial charge in [-0.3, -0.25) is 0 Å². The van der Waals surface area contributed by atoms with Crippen LogP contribution in [-0.4, -0.2) is 4.57 Å². The van der Waals surface area contributed by atoms with Gasteiger partial charge in [-0.05, 0) is 94.4 Å². The summed E-state index contributed by atoms with van der Waals surface area (Å²) in [4.78, 5) is 2.57. The average molecular weight is 779 g/mol. The monoisotopic (exact) mass is 778 g/mol. The maximum Gasteiger partial charge on any atom is 0.136 e. The Morgan fingerprint density at radius 2 is 1.24 bits per heavy atom. The molecule has 0 saturated heterocycles. The van der Waals surface area contributed by atoms with Crippen LogP contribution < -0.4 is 4.90 Å². The van der Waals surface area contributed by atoms with Gasteiger partial charge in [0.25, 0.3) is 0 Å². The van der Waals surface area contributed by atoms with Gasteiger partial charge < -0.3 is 13.9 Å². The van der Waals surface area contributed by atoms with Crippen LogP contribution in [0.5, 0.6) is 0 Å². The van der Waals surface area contributed by atoms with Gasteiger partial charge in [0.15, 0.2) is 0 Å². The van der Waals surface area contributed by atoms with Crippen LogP contribution in [-0.2, 0) is 10.8 Å². The van der Waals surface area contributed by atoms with Gasteiger partial charge in [-0.2, -0.15) is 0 Å². The van der Waals surface area contributed by atoms with Gasteiger partial charge in [0, 0.05) is 64.1 Å². The SMILES string of the molecule is CC(C)(C)c1ccc(N(c2cc3c(c4sc5ccccc5c24)-c2c(ccc4oc5ccccc5c24)C3(C)C)c2cccc3c2c2ccccc2n3-c2ccccc2)cc1. The lowest BCUT2D eigenvalue weighted by molar-refractivity contribution is 0.590. The summed E-state index contributed by atoms with van der Waals surface area (Å²) in [6, 6.07) is 60.4. The second-order valence-corrected chi connectivity index (χ2v) is 18.7. The number of thiophene rings is 1. The second-order valence-electron chi connectivity index (χ2n) is 17.7. The standard InChI is InChI=1S/C55H42N2OS/c1-54(2,3)33-26-28-35(29-27-33)57(43-23-15-22-42-48(43)36-18-9-12-21-41(36)56(42)34-16-7-6-8-17-34)44-32-40-52(53-49(44)38-20-11-14-25-47(38)59-53)51-39(55(40,4)5)30-31-46-50(51)37-19-10-13-24-45(37)58-46/h6-32H,1-5H3. The normalized spacial score (nSPS) is 13.6. The first-order valence-corrected chi connectivity index (χ1v) is 21.4. The molecule has 0 N–H and O–H groups in total. The lowest BCUT2D eigenvalue weighted by Crippen LogP contribution is -2.17. The number of rotatable bonds is 4. The molecule has 0 fully saturated rings. The highest BCUT2D eigenvalue weighted by Crippen LogP contribution is 2.60. The molecule has 1 aliphatic rings. The fourth-order valence-corrected chi connectivity index (χ4v) is 11.4. The number of para-hydroxylation sites is 3. The highest BCUT2D eigenvalue weighted by Gasteiger charge is 2.41. The summed E-state index contributed by atoms with van der Waals surface area (Å²) in [6.07, 6.45) is 0. The van der Waals surface area contributed by atoms with Crippen molar-refractivity contribution >= 4 is 92.3 Å². The molecule has 0 radical (unpaired) electrons. The first-order valence-electron chi connectivity index (χ1n) is 20.6. The van der Waals surface area contributed by atoms with Crippen LogP contribution in [0.4, 0.5) is 17.1 Å². The number of aromatic nitrogens is 1. The zero-order valence-corrected chi connectivity index (χ0v) is 34.6. The predicted molar refractivity (Wildman–Crippen MR) is 252 cm³/mol. The Hall–Kier alpha value is -6.62. The van der Waals surface area contributed by atoms with E-state index in [1.807, 2.05) is 11.3 Å². The van der Waals surface area contributed by atoms with Gasteiger partial charge in [-0.1, -0.05) is 132 Å². The molecule has 3 nitrogen and oxygen atoms in total. The number of fused-ring (bicyclic) bond motifs is 14. The molecule has 59 heavy (non-hydrogen) atoms. The highest BCUT2D eigenvalue weighted by molar-refractivity contribution is 7.26. The molecule has 4 heteroatoms. The third-order valence-corrected chi connectivity index (χ3v) is 14.1. The van der Waals surface area contributed by atoms with Gasteiger partial charge in [0.05, 0.1) is 22.4 Å². The van der Waals surface area contributed by atoms with Gasteiger partial charge >= 0.3 is 0 Å². The van der Waals surface area contributed by atoms with E-state index in [0.717, 1.165) is 28.2 Å². The number of nitrogens with zero attached hydrogens (tertiary/aromatic N) is 2. The molecule has 8 aromatic carbocycles. The van der Waals surface area contributed by atoms with Crippen molar-refractivity contribution in [3.63, 3.8) is 0 Å². The third-order valence-electron chi connectivity index (χ3n) is 12.9. The van der Waals surface area contributed by atoms with E-state index in [1.54, 1.807) is 0 Å². The molecular weight excluding hydrogens is 737 g/mol. The Bertz CT molecular complexity index is 3500. The summed E-state index contributed by atoms with van der Waals surface area (Å²) < 4.78 is 11.6. The van der Waals surface area contributed by atoms with Crippen molar-refractivity contribution in [3.05, 3.63) is 180 Å². The summed E-state index contributed by atoms with van der Waals surface area (Å²) >= 11 is 1.92. The largest absolute Gasteiger partial charge is 0.456 e. The first-order chi connectivity index (χ1) is 28.7. The molecule has 12 rings (SSSR count). The Kier molecular flexibility index (Phi) is 7.12. The van der Waals surface area contributed by atoms with Gasteiger partial charge in [-0.25, -0.2) is 0 Å². The molecule has 0 saturated carbocycles. The van der Waals surface area contributed by atoms with Crippen LogP contribution in [0.25, 0.3) is 80.7 Å². The summed E-state index contributed by atoms with van der Waals surface area (Å²) in [5.74, 6) is 0. The first kappa shape index (κ1) is 34.4. The Labute approximate surface area is 347 Å². The van der Waals surface area contributed by atoms with Crippen molar-refractivity contribution in [1.29, 1.82) is 0 Å². The smallest absolute Gasteiger partial charge is 0.136 e. The highest BCUT2D eigenvalue weighted by atomic mass is 32.1. The Morgan fingerprint density at radius 1 is 0.542 bits per heavy atom. The molecule has 11 aromatic rings. The zero-order chi connectivity index (χ0) is 39.8. The zero-order valence-electron chi connectivity index (χ0n) is 33.8. The van der Waals surface area contributed by atoms with Gasteiger partial charge in [0.1, 0.15) is 11.2 Å². The molecule has 3 aromatic heterocycles. The maximum absolute atomic E-state index is 6.55. The van der Waals surface area contributed by atoms with E-state index in [1.165, 1.54) is 86.3 Å². The number of furan rings is 1. The van der Waals surface area contributed by atoms with E-state index in [0.29, 0.717) is 0 Å². The number of anilines is 3. The summed E-state index contributed by atoms with van der Waals surface area (Å²) in [5, 5.41) is 7.40. The molecule has 1 aliphatic carbocycles. The van der Waals surface area contributed by atoms with Crippen LogP contribution in [0.15, 0.2) is 168 Å². The van der Waals surface area contributed by atoms with Crippen molar-refractivity contribution in [2.75, 3.05) is 4.90 Å². The van der Waals surface area contributed by atoms with E-state index in [-0.39, 0.29) is 10.8 Å². The summed E-state index contributed by atoms with van der Waals surface area (Å²) in [6.45, 7) is 11.7. The van der Waals surface area contributed by atoms with E-state index in [2.05, 4.69) is 208 Å². The fourth-order valence-electron chi connectivity index (χ4n) is 10.1. The number of benzene rings is 8. The number of hydrogen-bond donors (Lipinski definition) is 0. The van der Waals surface area contributed by atoms with Crippen molar-refractivity contribution in [2.45, 2.75) is 45.4 Å². The van der Waals surface area contributed by atoms with Crippen molar-refractivity contribution < 1.29 is 4.42 Å². The van der Waals surface area contributed by atoms with Gasteiger partial charge in [-0.15, -0.1) is 11.3 Å². The minimum absolute atomic E-state index is 0.0231. The molecule has 0 bridgehead atoms. The fraction of sp³-hybridized carbons (Fsp3) is 0.127. The topological polar surface area (TPSA) is 21.3 Å². The quantitative estimate of drug-likeness (QED) is 0.177. The van der Waals surface area contributed by atoms with E-state index in [9.17, 15) is 0 Å². The minimum Gasteiger partial charge on any atom is -0.456 e. The van der Waals surface area contributed by atoms with E-state index < -0.39 is 0 Å². The molecule has 0 spiro atoms. The molecule has 0 aliphatic heterocycles. The Morgan fingerprint density at radius 3 is 2.03 bits per heavy atom. The van der Waals surface area contributed by atoms with Crippen LogP contribution >= 0.6 is 11.3 Å². The van der Waals surface area contributed by atoms with Crippen LogP contribution in [0, 0.1) is 0 Å². The summed E-state index contributed by atoms with van der Waals surface area (Å²) in [5.41, 5.74) is 15.3. The third kappa shape index (κ3) is 4.81.